The number of benzene rings is 3. The van der Waals surface area contributed by atoms with Crippen LogP contribution in [0.25, 0.3) is 0 Å². The molecule has 0 aliphatic heterocycles. The quantitative estimate of drug-likeness (QED) is 0.174. The van der Waals surface area contributed by atoms with Gasteiger partial charge >= 0.3 is 6.36 Å². The third-order valence-corrected chi connectivity index (χ3v) is 6.03. The van der Waals surface area contributed by atoms with E-state index in [0.717, 1.165) is 22.4 Å². The Morgan fingerprint density at radius 1 is 1.05 bits per heavy atom. The van der Waals surface area contributed by atoms with Crippen LogP contribution in [0.15, 0.2) is 71.8 Å². The van der Waals surface area contributed by atoms with Gasteiger partial charge in [-0.15, -0.1) is 18.7 Å². The van der Waals surface area contributed by atoms with Gasteiger partial charge < -0.3 is 14.9 Å². The highest BCUT2D eigenvalue weighted by Crippen LogP contribution is 2.35. The molecule has 0 radical (unpaired) electrons. The Balaban J connectivity index is 1.26. The summed E-state index contributed by atoms with van der Waals surface area (Å²) in [6, 6.07) is 19.5. The predicted octanol–water partition coefficient (Wildman–Crippen LogP) is 6.60. The fraction of sp³-hybridized carbons (Fsp3) is 0.259. The van der Waals surface area contributed by atoms with Gasteiger partial charge in [-0.3, -0.25) is 5.43 Å². The van der Waals surface area contributed by atoms with Crippen molar-refractivity contribution >= 4 is 29.2 Å². The lowest BCUT2D eigenvalue weighted by Crippen LogP contribution is -2.24. The number of thiocarbonyl (C=S) groups is 1. The highest BCUT2D eigenvalue weighted by Gasteiger charge is 2.32. The molecule has 0 amide bonds. The average Bonchev–Trinajstić information content (AvgIpc) is 3.25. The van der Waals surface area contributed by atoms with Crippen molar-refractivity contribution in [3.8, 4) is 11.5 Å². The molecule has 0 saturated carbocycles. The molecule has 0 bridgehead atoms. The van der Waals surface area contributed by atoms with Crippen LogP contribution >= 0.6 is 12.2 Å². The summed E-state index contributed by atoms with van der Waals surface area (Å²) in [5.41, 5.74) is 10.5. The van der Waals surface area contributed by atoms with E-state index in [-0.39, 0.29) is 11.8 Å². The molecular formula is C27H27F3N4O2S. The van der Waals surface area contributed by atoms with Gasteiger partial charge in [0.1, 0.15) is 11.5 Å². The van der Waals surface area contributed by atoms with E-state index in [1.165, 1.54) is 17.7 Å². The minimum Gasteiger partial charge on any atom is -0.408 e. The summed E-state index contributed by atoms with van der Waals surface area (Å²) >= 11 is 5.34. The van der Waals surface area contributed by atoms with E-state index in [4.69, 9.17) is 17.1 Å². The Morgan fingerprint density at radius 2 is 1.78 bits per heavy atom. The first kappa shape index (κ1) is 26.4. The summed E-state index contributed by atoms with van der Waals surface area (Å²) in [6.45, 7) is 4.24. The van der Waals surface area contributed by atoms with Crippen LogP contribution in [-0.4, -0.2) is 17.7 Å². The molecule has 1 aliphatic rings. The number of halogens is 3. The van der Waals surface area contributed by atoms with Crippen LogP contribution in [0, 0.1) is 0 Å². The van der Waals surface area contributed by atoms with Crippen LogP contribution in [0.3, 0.4) is 0 Å². The van der Waals surface area contributed by atoms with Crippen molar-refractivity contribution in [3.63, 3.8) is 0 Å². The number of para-hydroxylation sites is 1. The lowest BCUT2D eigenvalue weighted by atomic mass is 10.0. The fourth-order valence-corrected chi connectivity index (χ4v) is 4.27. The first-order valence-electron chi connectivity index (χ1n) is 11.8. The number of aryl methyl sites for hydroxylation is 1. The first-order valence-corrected chi connectivity index (χ1v) is 12.2. The van der Waals surface area contributed by atoms with E-state index in [9.17, 15) is 13.2 Å². The topological polar surface area (TPSA) is 66.9 Å². The molecule has 0 aromatic heterocycles. The van der Waals surface area contributed by atoms with Crippen LogP contribution in [-0.2, 0) is 6.42 Å². The van der Waals surface area contributed by atoms with Gasteiger partial charge in [0.15, 0.2) is 5.11 Å². The molecule has 3 aromatic rings. The summed E-state index contributed by atoms with van der Waals surface area (Å²) in [7, 11) is 0. The van der Waals surface area contributed by atoms with E-state index in [0.29, 0.717) is 29.6 Å². The van der Waals surface area contributed by atoms with Crippen molar-refractivity contribution in [1.82, 2.24) is 10.9 Å². The molecule has 1 atom stereocenters. The Kier molecular flexibility index (Phi) is 8.30. The molecule has 3 N–H and O–H groups in total. The summed E-state index contributed by atoms with van der Waals surface area (Å²) < 4.78 is 41.4. The zero-order chi connectivity index (χ0) is 26.4. The number of hydrazone groups is 1. The number of hydrogen-bond acceptors (Lipinski definition) is 5. The number of hydroxylamine groups is 1. The van der Waals surface area contributed by atoms with Crippen molar-refractivity contribution in [3.05, 3.63) is 89.0 Å². The van der Waals surface area contributed by atoms with Crippen molar-refractivity contribution in [2.45, 2.75) is 45.0 Å². The molecule has 6 nitrogen and oxygen atoms in total. The normalized spacial score (nSPS) is 15.0. The standard InChI is InChI=1S/C27H27F3N4O2S/c1-17(2)22-5-3-4-6-24(22)32-26(37)33-31-16-18-7-10-20(11-8-18)36-34-25-14-9-19-15-21(12-13-23(19)25)35-27(28,29)30/h3-8,10-13,15-17,25,34H,9,14H2,1-2H3,(H2,32,33,37)/b31-16+. The second-order valence-corrected chi connectivity index (χ2v) is 9.26. The number of nitrogens with one attached hydrogen (secondary N) is 3. The zero-order valence-corrected chi connectivity index (χ0v) is 21.1. The smallest absolute Gasteiger partial charge is 0.408 e. The van der Waals surface area contributed by atoms with Crippen LogP contribution < -0.4 is 25.8 Å². The summed E-state index contributed by atoms with van der Waals surface area (Å²) in [6.07, 6.45) is -1.72. The summed E-state index contributed by atoms with van der Waals surface area (Å²) in [5.74, 6) is 0.744. The summed E-state index contributed by atoms with van der Waals surface area (Å²) in [4.78, 5) is 5.70. The molecule has 194 valence electrons. The lowest BCUT2D eigenvalue weighted by Gasteiger charge is -2.15. The molecule has 4 rings (SSSR count). The first-order chi connectivity index (χ1) is 17.7. The highest BCUT2D eigenvalue weighted by atomic mass is 32.1. The molecule has 0 fully saturated rings. The Morgan fingerprint density at radius 3 is 2.51 bits per heavy atom. The summed E-state index contributed by atoms with van der Waals surface area (Å²) in [5, 5.41) is 7.75. The zero-order valence-electron chi connectivity index (χ0n) is 20.3. The van der Waals surface area contributed by atoms with E-state index in [1.807, 2.05) is 30.3 Å². The SMILES string of the molecule is CC(C)c1ccccc1NC(=S)N/N=C/c1ccc(ONC2CCc3cc(OC(F)(F)F)ccc32)cc1. The van der Waals surface area contributed by atoms with Gasteiger partial charge in [-0.2, -0.15) is 5.10 Å². The maximum absolute atomic E-state index is 12.5. The molecule has 0 spiro atoms. The maximum Gasteiger partial charge on any atom is 0.573 e. The number of alkyl halides is 3. The second-order valence-electron chi connectivity index (χ2n) is 8.85. The monoisotopic (exact) mass is 528 g/mol. The van der Waals surface area contributed by atoms with Crippen molar-refractivity contribution in [2.24, 2.45) is 5.10 Å². The molecule has 3 aromatic carbocycles. The van der Waals surface area contributed by atoms with Crippen LogP contribution in [0.1, 0.15) is 54.5 Å². The number of fused-ring (bicyclic) bond motifs is 1. The van der Waals surface area contributed by atoms with E-state index >= 15 is 0 Å². The maximum atomic E-state index is 12.5. The van der Waals surface area contributed by atoms with Gasteiger partial charge in [-0.25, -0.2) is 0 Å². The predicted molar refractivity (Wildman–Crippen MR) is 142 cm³/mol. The third kappa shape index (κ3) is 7.43. The lowest BCUT2D eigenvalue weighted by molar-refractivity contribution is -0.274. The van der Waals surface area contributed by atoms with E-state index < -0.39 is 6.36 Å². The van der Waals surface area contributed by atoms with Crippen LogP contribution in [0.2, 0.25) is 0 Å². The molecule has 1 unspecified atom stereocenters. The van der Waals surface area contributed by atoms with Crippen molar-refractivity contribution in [1.29, 1.82) is 0 Å². The largest absolute Gasteiger partial charge is 0.573 e. The van der Waals surface area contributed by atoms with Gasteiger partial charge in [0, 0.05) is 5.69 Å². The van der Waals surface area contributed by atoms with Gasteiger partial charge in [0.05, 0.1) is 12.3 Å². The fourth-order valence-electron chi connectivity index (χ4n) is 4.10. The molecule has 0 saturated heterocycles. The third-order valence-electron chi connectivity index (χ3n) is 5.84. The van der Waals surface area contributed by atoms with Crippen LogP contribution in [0.4, 0.5) is 18.9 Å². The van der Waals surface area contributed by atoms with E-state index in [2.05, 4.69) is 46.0 Å². The van der Waals surface area contributed by atoms with Crippen molar-refractivity contribution < 1.29 is 22.7 Å². The van der Waals surface area contributed by atoms with Crippen molar-refractivity contribution in [2.75, 3.05) is 5.32 Å². The number of rotatable bonds is 8. The molecular weight excluding hydrogens is 501 g/mol. The number of hydrogen-bond donors (Lipinski definition) is 3. The Labute approximate surface area is 218 Å². The second kappa shape index (κ2) is 11.6. The number of anilines is 1. The van der Waals surface area contributed by atoms with Crippen LogP contribution in [0.5, 0.6) is 11.5 Å². The minimum atomic E-state index is -4.71. The van der Waals surface area contributed by atoms with Gasteiger partial charge in [0.2, 0.25) is 0 Å². The Bertz CT molecular complexity index is 1260. The molecule has 1 aliphatic carbocycles. The highest BCUT2D eigenvalue weighted by molar-refractivity contribution is 7.80. The molecule has 0 heterocycles. The average molecular weight is 529 g/mol. The number of ether oxygens (including phenoxy) is 1. The molecule has 10 heteroatoms. The minimum absolute atomic E-state index is 0.130. The van der Waals surface area contributed by atoms with Gasteiger partial charge in [-0.05, 0) is 95.7 Å². The number of nitrogens with zero attached hydrogens (tertiary/aromatic N) is 1. The van der Waals surface area contributed by atoms with E-state index in [1.54, 1.807) is 24.4 Å². The molecule has 37 heavy (non-hydrogen) atoms. The van der Waals surface area contributed by atoms with Gasteiger partial charge in [-0.1, -0.05) is 38.1 Å². The Hall–Kier alpha value is -3.63. The van der Waals surface area contributed by atoms with Gasteiger partial charge in [0.25, 0.3) is 0 Å².